The minimum Gasteiger partial charge on any atom is -0.481 e. The molecule has 0 spiro atoms. The van der Waals surface area contributed by atoms with Crippen molar-refractivity contribution in [3.8, 4) is 0 Å². The van der Waals surface area contributed by atoms with Crippen LogP contribution < -0.4 is 5.32 Å². The lowest BCUT2D eigenvalue weighted by molar-refractivity contribution is -0.144. The summed E-state index contributed by atoms with van der Waals surface area (Å²) >= 11 is 6.51. The van der Waals surface area contributed by atoms with E-state index in [4.69, 9.17) is 21.2 Å². The van der Waals surface area contributed by atoms with Crippen molar-refractivity contribution in [1.82, 2.24) is 14.5 Å². The molecular weight excluding hydrogens is 603 g/mol. The Bertz CT molecular complexity index is 1580. The van der Waals surface area contributed by atoms with Crippen LogP contribution in [0.3, 0.4) is 0 Å². The average molecular weight is 641 g/mol. The molecule has 1 aliphatic carbocycles. The first-order valence-corrected chi connectivity index (χ1v) is 15.9. The molecule has 1 unspecified atom stereocenters. The number of fused-ring (bicyclic) bond motifs is 1. The lowest BCUT2D eigenvalue weighted by atomic mass is 9.87. The van der Waals surface area contributed by atoms with E-state index in [0.29, 0.717) is 57.4 Å². The predicted molar refractivity (Wildman–Crippen MR) is 167 cm³/mol. The van der Waals surface area contributed by atoms with Gasteiger partial charge in [-0.2, -0.15) is 5.06 Å². The number of benzene rings is 2. The van der Waals surface area contributed by atoms with Gasteiger partial charge in [-0.05, 0) is 62.3 Å². The topological polar surface area (TPSA) is 113 Å². The number of halogens is 2. The van der Waals surface area contributed by atoms with E-state index in [9.17, 15) is 19.5 Å². The summed E-state index contributed by atoms with van der Waals surface area (Å²) in [5.74, 6) is -2.39. The number of ether oxygens (including phenoxy) is 1. The van der Waals surface area contributed by atoms with E-state index < -0.39 is 17.7 Å². The number of carboxylic acids is 1. The Balaban J connectivity index is 1.12. The third-order valence-electron chi connectivity index (χ3n) is 9.32. The normalized spacial score (nSPS) is 23.9. The zero-order chi connectivity index (χ0) is 31.7. The van der Waals surface area contributed by atoms with Crippen molar-refractivity contribution in [2.75, 3.05) is 31.6 Å². The van der Waals surface area contributed by atoms with E-state index in [0.717, 1.165) is 29.9 Å². The largest absolute Gasteiger partial charge is 0.481 e. The molecule has 2 N–H and O–H groups in total. The van der Waals surface area contributed by atoms with E-state index in [1.54, 1.807) is 11.1 Å². The van der Waals surface area contributed by atoms with E-state index in [2.05, 4.69) is 5.32 Å². The second-order valence-corrected chi connectivity index (χ2v) is 12.7. The molecule has 2 saturated heterocycles. The van der Waals surface area contributed by atoms with Gasteiger partial charge in [-0.25, -0.2) is 4.39 Å². The first-order chi connectivity index (χ1) is 21.7. The van der Waals surface area contributed by atoms with Crippen LogP contribution in [-0.2, 0) is 32.6 Å². The molecule has 3 heterocycles. The molecule has 2 amide bonds. The Morgan fingerprint density at radius 1 is 1.16 bits per heavy atom. The molecule has 1 aromatic heterocycles. The van der Waals surface area contributed by atoms with Gasteiger partial charge in [-0.3, -0.25) is 19.2 Å². The highest BCUT2D eigenvalue weighted by Gasteiger charge is 2.40. The van der Waals surface area contributed by atoms with E-state index in [-0.39, 0.29) is 52.7 Å². The fourth-order valence-corrected chi connectivity index (χ4v) is 7.07. The molecule has 3 aliphatic rings. The lowest BCUT2D eigenvalue weighted by Gasteiger charge is -2.30. The Morgan fingerprint density at radius 2 is 1.93 bits per heavy atom. The number of nitrogens with zero attached hydrogens (tertiary/aromatic N) is 3. The van der Waals surface area contributed by atoms with Crippen molar-refractivity contribution in [1.29, 1.82) is 0 Å². The first kappa shape index (κ1) is 31.5. The summed E-state index contributed by atoms with van der Waals surface area (Å²) < 4.78 is 23.5. The molecule has 3 fully saturated rings. The summed E-state index contributed by atoms with van der Waals surface area (Å²) in [6, 6.07) is 9.85. The summed E-state index contributed by atoms with van der Waals surface area (Å²) in [5, 5.41) is 14.9. The number of aromatic nitrogens is 1. The zero-order valence-electron chi connectivity index (χ0n) is 25.2. The van der Waals surface area contributed by atoms with Gasteiger partial charge in [0.05, 0.1) is 60.0 Å². The highest BCUT2D eigenvalue weighted by Crippen LogP contribution is 2.32. The van der Waals surface area contributed by atoms with Crippen LogP contribution in [-0.4, -0.2) is 81.9 Å². The number of likely N-dealkylation sites (tertiary alicyclic amines) is 1. The Morgan fingerprint density at radius 3 is 2.67 bits per heavy atom. The Labute approximate surface area is 266 Å². The van der Waals surface area contributed by atoms with Gasteiger partial charge in [0.25, 0.3) is 5.91 Å². The fourth-order valence-electron chi connectivity index (χ4n) is 6.84. The molecule has 10 nitrogen and oxygen atoms in total. The Hall–Kier alpha value is -3.51. The number of amides is 2. The van der Waals surface area contributed by atoms with Crippen molar-refractivity contribution in [2.24, 2.45) is 13.0 Å². The number of nitrogens with one attached hydrogen (secondary N) is 1. The number of hydroxylamine groups is 2. The monoisotopic (exact) mass is 640 g/mol. The van der Waals surface area contributed by atoms with Gasteiger partial charge in [0, 0.05) is 37.2 Å². The predicted octanol–water partition coefficient (Wildman–Crippen LogP) is 5.03. The number of para-hydroxylation sites is 1. The van der Waals surface area contributed by atoms with Crippen LogP contribution in [0.2, 0.25) is 5.02 Å². The van der Waals surface area contributed by atoms with Crippen molar-refractivity contribution >= 4 is 46.0 Å². The molecule has 1 saturated carbocycles. The number of anilines is 1. The molecule has 45 heavy (non-hydrogen) atoms. The molecule has 12 heteroatoms. The van der Waals surface area contributed by atoms with Crippen LogP contribution in [0, 0.1) is 11.7 Å². The van der Waals surface area contributed by atoms with Gasteiger partial charge in [0.1, 0.15) is 5.82 Å². The van der Waals surface area contributed by atoms with Gasteiger partial charge in [0.15, 0.2) is 0 Å². The highest BCUT2D eigenvalue weighted by atomic mass is 35.5. The molecule has 2 aliphatic heterocycles. The molecule has 2 atom stereocenters. The minimum absolute atomic E-state index is 0.00730. The molecule has 240 valence electrons. The first-order valence-electron chi connectivity index (χ1n) is 15.5. The van der Waals surface area contributed by atoms with Crippen LogP contribution in [0.25, 0.3) is 10.9 Å². The summed E-state index contributed by atoms with van der Waals surface area (Å²) in [5.41, 5.74) is 1.60. The fraction of sp³-hybridized carbons (Fsp3) is 0.485. The van der Waals surface area contributed by atoms with Gasteiger partial charge in [-0.1, -0.05) is 29.8 Å². The molecule has 0 bridgehead atoms. The number of aliphatic carboxylic acids is 1. The van der Waals surface area contributed by atoms with E-state index in [1.807, 2.05) is 40.9 Å². The average Bonchev–Trinajstić information content (AvgIpc) is 3.78. The smallest absolute Gasteiger partial charge is 0.306 e. The zero-order valence-corrected chi connectivity index (χ0v) is 26.0. The molecular formula is C33H38ClFN4O6. The maximum Gasteiger partial charge on any atom is 0.306 e. The van der Waals surface area contributed by atoms with E-state index >= 15 is 4.39 Å². The van der Waals surface area contributed by atoms with Crippen LogP contribution in [0.15, 0.2) is 42.6 Å². The third-order valence-corrected chi connectivity index (χ3v) is 9.63. The van der Waals surface area contributed by atoms with Gasteiger partial charge < -0.3 is 24.6 Å². The number of hydrogen-bond acceptors (Lipinski definition) is 6. The van der Waals surface area contributed by atoms with Gasteiger partial charge in [0.2, 0.25) is 5.91 Å². The van der Waals surface area contributed by atoms with Crippen LogP contribution in [0.1, 0.15) is 54.4 Å². The second kappa shape index (κ2) is 13.5. The number of carboxylic acid groups (broad SMARTS) is 1. The van der Waals surface area contributed by atoms with Crippen LogP contribution >= 0.6 is 11.6 Å². The number of aryl methyl sites for hydroxylation is 1. The molecule has 0 radical (unpaired) electrons. The Kier molecular flexibility index (Phi) is 9.41. The minimum atomic E-state index is -0.762. The van der Waals surface area contributed by atoms with Gasteiger partial charge >= 0.3 is 5.97 Å². The van der Waals surface area contributed by atoms with Gasteiger partial charge in [-0.15, -0.1) is 0 Å². The van der Waals surface area contributed by atoms with Crippen molar-refractivity contribution in [2.45, 2.75) is 63.1 Å². The number of carbonyl (C=O) groups is 3. The standard InChI is InChI=1S/C33H38ClFN4O6/c1-37-18-26(25-5-2-3-6-30(25)37)32(41)36-29-16-28(35)21(13-27(29)34)14-31(40)38-17-22(39-11-4-12-45-39)15-23(38)19-44-24-9-7-20(8-10-24)33(42)43/h2-3,5-6,13,16,18,20,22-24H,4,7-12,14-15,17,19H2,1H3,(H,36,41)(H,42,43)/t20?,22?,23-,24?/m0/s1. The van der Waals surface area contributed by atoms with Crippen molar-refractivity contribution in [3.63, 3.8) is 0 Å². The molecule has 3 aromatic rings. The summed E-state index contributed by atoms with van der Waals surface area (Å²) in [6.45, 7) is 2.19. The number of carbonyl (C=O) groups excluding carboxylic acids is 2. The summed E-state index contributed by atoms with van der Waals surface area (Å²) in [7, 11) is 1.85. The third kappa shape index (κ3) is 6.86. The quantitative estimate of drug-likeness (QED) is 0.337. The van der Waals surface area contributed by atoms with Crippen molar-refractivity contribution in [3.05, 3.63) is 64.6 Å². The van der Waals surface area contributed by atoms with Crippen LogP contribution in [0.5, 0.6) is 0 Å². The molecule has 2 aromatic carbocycles. The SMILES string of the molecule is Cn1cc(C(=O)Nc2cc(F)c(CC(=O)N3CC(N4CCCO4)C[C@H]3COC3CCC(C(=O)O)CC3)cc2Cl)c2ccccc21. The molecule has 6 rings (SSSR count). The second-order valence-electron chi connectivity index (χ2n) is 12.3. The van der Waals surface area contributed by atoms with Crippen molar-refractivity contribution < 1.29 is 33.5 Å². The van der Waals surface area contributed by atoms with Crippen LogP contribution in [0.4, 0.5) is 10.1 Å². The lowest BCUT2D eigenvalue weighted by Crippen LogP contribution is -2.41. The maximum atomic E-state index is 15.4. The maximum absolute atomic E-state index is 15.4. The summed E-state index contributed by atoms with van der Waals surface area (Å²) in [6.07, 6.45) is 5.56. The summed E-state index contributed by atoms with van der Waals surface area (Å²) in [4.78, 5) is 45.6. The number of hydrogen-bond donors (Lipinski definition) is 2. The number of rotatable bonds is 9. The highest BCUT2D eigenvalue weighted by molar-refractivity contribution is 6.34. The van der Waals surface area contributed by atoms with E-state index in [1.165, 1.54) is 6.07 Å².